The molecule has 0 bridgehead atoms. The highest BCUT2D eigenvalue weighted by atomic mass is 79.9. The lowest BCUT2D eigenvalue weighted by Crippen LogP contribution is -2.06. The second kappa shape index (κ2) is 5.98. The number of halogens is 1. The van der Waals surface area contributed by atoms with Crippen LogP contribution < -0.4 is 10.5 Å². The van der Waals surface area contributed by atoms with Crippen molar-refractivity contribution >= 4 is 15.9 Å². The van der Waals surface area contributed by atoms with E-state index in [2.05, 4.69) is 20.9 Å². The van der Waals surface area contributed by atoms with Gasteiger partial charge in [-0.25, -0.2) is 4.98 Å². The van der Waals surface area contributed by atoms with Crippen LogP contribution in [0.4, 0.5) is 0 Å². The zero-order valence-corrected chi connectivity index (χ0v) is 11.7. The van der Waals surface area contributed by atoms with Crippen LogP contribution in [0.1, 0.15) is 24.1 Å². The molecule has 4 heteroatoms. The first kappa shape index (κ1) is 13.1. The van der Waals surface area contributed by atoms with Gasteiger partial charge in [-0.1, -0.05) is 34.1 Å². The van der Waals surface area contributed by atoms with Gasteiger partial charge >= 0.3 is 0 Å². The molecular formula is C14H15BrN2O. The largest absolute Gasteiger partial charge is 0.473 e. The summed E-state index contributed by atoms with van der Waals surface area (Å²) in [5.41, 5.74) is 7.93. The first-order chi connectivity index (χ1) is 8.66. The highest BCUT2D eigenvalue weighted by Crippen LogP contribution is 2.19. The highest BCUT2D eigenvalue weighted by Gasteiger charge is 2.04. The van der Waals surface area contributed by atoms with Crippen LogP contribution in [0, 0.1) is 0 Å². The second-order valence-corrected chi connectivity index (χ2v) is 4.95. The van der Waals surface area contributed by atoms with Crippen molar-refractivity contribution in [3.63, 3.8) is 0 Å². The molecule has 2 rings (SSSR count). The predicted molar refractivity (Wildman–Crippen MR) is 75.3 cm³/mol. The quantitative estimate of drug-likeness (QED) is 0.941. The Labute approximate surface area is 115 Å². The third kappa shape index (κ3) is 3.31. The summed E-state index contributed by atoms with van der Waals surface area (Å²) >= 11 is 3.49. The molecule has 0 unspecified atom stereocenters. The average molecular weight is 307 g/mol. The monoisotopic (exact) mass is 306 g/mol. The average Bonchev–Trinajstić information content (AvgIpc) is 2.38. The van der Waals surface area contributed by atoms with E-state index < -0.39 is 0 Å². The van der Waals surface area contributed by atoms with Crippen molar-refractivity contribution in [2.45, 2.75) is 19.6 Å². The normalized spacial score (nSPS) is 12.2. The van der Waals surface area contributed by atoms with Gasteiger partial charge in [0.2, 0.25) is 5.88 Å². The number of hydrogen-bond acceptors (Lipinski definition) is 3. The van der Waals surface area contributed by atoms with Crippen LogP contribution in [0.2, 0.25) is 0 Å². The lowest BCUT2D eigenvalue weighted by Gasteiger charge is -2.09. The molecule has 0 saturated carbocycles. The zero-order chi connectivity index (χ0) is 13.0. The summed E-state index contributed by atoms with van der Waals surface area (Å²) in [7, 11) is 0. The fraction of sp³-hybridized carbons (Fsp3) is 0.214. The third-order valence-electron chi connectivity index (χ3n) is 2.62. The van der Waals surface area contributed by atoms with Gasteiger partial charge in [0.15, 0.2) is 0 Å². The molecule has 0 aliphatic rings. The molecule has 2 N–H and O–H groups in total. The molecular weight excluding hydrogens is 292 g/mol. The zero-order valence-electron chi connectivity index (χ0n) is 10.1. The Kier molecular flexibility index (Phi) is 4.33. The minimum atomic E-state index is -0.0150. The van der Waals surface area contributed by atoms with Crippen molar-refractivity contribution in [1.29, 1.82) is 0 Å². The van der Waals surface area contributed by atoms with Crippen LogP contribution in [0.5, 0.6) is 5.88 Å². The molecule has 0 fully saturated rings. The van der Waals surface area contributed by atoms with Crippen molar-refractivity contribution in [3.8, 4) is 5.88 Å². The smallest absolute Gasteiger partial charge is 0.213 e. The van der Waals surface area contributed by atoms with E-state index in [-0.39, 0.29) is 6.04 Å². The summed E-state index contributed by atoms with van der Waals surface area (Å²) < 4.78 is 6.70. The summed E-state index contributed by atoms with van der Waals surface area (Å²) in [5.74, 6) is 0.598. The molecule has 0 saturated heterocycles. The molecule has 0 spiro atoms. The number of hydrogen-bond donors (Lipinski definition) is 1. The first-order valence-electron chi connectivity index (χ1n) is 5.74. The van der Waals surface area contributed by atoms with Gasteiger partial charge in [-0.15, -0.1) is 0 Å². The standard InChI is InChI=1S/C14H15BrN2O/c1-10(16)11-6-7-17-14(8-11)18-9-12-4-2-3-5-13(12)15/h2-8,10H,9,16H2,1H3/t10-/m1/s1. The Hall–Kier alpha value is -1.39. The van der Waals surface area contributed by atoms with E-state index in [1.54, 1.807) is 6.20 Å². The molecule has 94 valence electrons. The van der Waals surface area contributed by atoms with E-state index in [9.17, 15) is 0 Å². The van der Waals surface area contributed by atoms with Gasteiger partial charge < -0.3 is 10.5 Å². The van der Waals surface area contributed by atoms with Gasteiger partial charge in [0.1, 0.15) is 6.61 Å². The maximum absolute atomic E-state index is 5.82. The molecule has 2 aromatic rings. The van der Waals surface area contributed by atoms with Gasteiger partial charge in [0.25, 0.3) is 0 Å². The SMILES string of the molecule is C[C@@H](N)c1ccnc(OCc2ccccc2Br)c1. The van der Waals surface area contributed by atoms with E-state index in [1.165, 1.54) is 0 Å². The van der Waals surface area contributed by atoms with Crippen LogP contribution in [0.15, 0.2) is 47.1 Å². The van der Waals surface area contributed by atoms with E-state index in [4.69, 9.17) is 10.5 Å². The minimum Gasteiger partial charge on any atom is -0.473 e. The van der Waals surface area contributed by atoms with Gasteiger partial charge in [-0.05, 0) is 24.6 Å². The highest BCUT2D eigenvalue weighted by molar-refractivity contribution is 9.10. The number of nitrogens with zero attached hydrogens (tertiary/aromatic N) is 1. The number of aromatic nitrogens is 1. The van der Waals surface area contributed by atoms with E-state index in [0.29, 0.717) is 12.5 Å². The number of ether oxygens (including phenoxy) is 1. The molecule has 0 amide bonds. The first-order valence-corrected chi connectivity index (χ1v) is 6.54. The summed E-state index contributed by atoms with van der Waals surface area (Å²) in [6.45, 7) is 2.42. The molecule has 18 heavy (non-hydrogen) atoms. The van der Waals surface area contributed by atoms with Gasteiger partial charge in [-0.3, -0.25) is 0 Å². The number of pyridine rings is 1. The van der Waals surface area contributed by atoms with E-state index in [1.807, 2.05) is 43.3 Å². The fourth-order valence-electron chi connectivity index (χ4n) is 1.55. The van der Waals surface area contributed by atoms with Crippen LogP contribution in [-0.2, 0) is 6.61 Å². The molecule has 1 aromatic heterocycles. The lowest BCUT2D eigenvalue weighted by molar-refractivity contribution is 0.292. The molecule has 0 aliphatic heterocycles. The Morgan fingerprint density at radius 3 is 2.83 bits per heavy atom. The Bertz CT molecular complexity index is 529. The maximum atomic E-state index is 5.82. The molecule has 0 aliphatic carbocycles. The molecule has 0 radical (unpaired) electrons. The van der Waals surface area contributed by atoms with Gasteiger partial charge in [0.05, 0.1) is 0 Å². The molecule has 1 aromatic carbocycles. The Morgan fingerprint density at radius 1 is 1.33 bits per heavy atom. The van der Waals surface area contributed by atoms with Crippen molar-refractivity contribution in [1.82, 2.24) is 4.98 Å². The number of rotatable bonds is 4. The van der Waals surface area contributed by atoms with Crippen molar-refractivity contribution in [3.05, 3.63) is 58.2 Å². The van der Waals surface area contributed by atoms with Gasteiger partial charge in [-0.2, -0.15) is 0 Å². The molecule has 1 heterocycles. The summed E-state index contributed by atoms with van der Waals surface area (Å²) in [4.78, 5) is 4.17. The van der Waals surface area contributed by atoms with Crippen molar-refractivity contribution in [2.24, 2.45) is 5.73 Å². The van der Waals surface area contributed by atoms with Gasteiger partial charge in [0, 0.05) is 28.3 Å². The van der Waals surface area contributed by atoms with Crippen molar-refractivity contribution in [2.75, 3.05) is 0 Å². The minimum absolute atomic E-state index is 0.0150. The Morgan fingerprint density at radius 2 is 2.11 bits per heavy atom. The topological polar surface area (TPSA) is 48.1 Å². The van der Waals surface area contributed by atoms with Crippen LogP contribution >= 0.6 is 15.9 Å². The van der Waals surface area contributed by atoms with Crippen LogP contribution in [0.3, 0.4) is 0 Å². The fourth-order valence-corrected chi connectivity index (χ4v) is 1.95. The number of nitrogens with two attached hydrogens (primary N) is 1. The van der Waals surface area contributed by atoms with Crippen LogP contribution in [0.25, 0.3) is 0 Å². The maximum Gasteiger partial charge on any atom is 0.213 e. The van der Waals surface area contributed by atoms with E-state index >= 15 is 0 Å². The van der Waals surface area contributed by atoms with E-state index in [0.717, 1.165) is 15.6 Å². The predicted octanol–water partition coefficient (Wildman–Crippen LogP) is 3.44. The van der Waals surface area contributed by atoms with Crippen molar-refractivity contribution < 1.29 is 4.74 Å². The Balaban J connectivity index is 2.07. The molecule has 1 atom stereocenters. The summed E-state index contributed by atoms with van der Waals surface area (Å²) in [6, 6.07) is 11.7. The molecule has 3 nitrogen and oxygen atoms in total. The third-order valence-corrected chi connectivity index (χ3v) is 3.39. The van der Waals surface area contributed by atoms with Crippen LogP contribution in [-0.4, -0.2) is 4.98 Å². The second-order valence-electron chi connectivity index (χ2n) is 4.10. The summed E-state index contributed by atoms with van der Waals surface area (Å²) in [5, 5.41) is 0. The lowest BCUT2D eigenvalue weighted by atomic mass is 10.1. The summed E-state index contributed by atoms with van der Waals surface area (Å²) in [6.07, 6.45) is 1.72. The number of benzene rings is 1.